The Hall–Kier alpha value is -0.770. The lowest BCUT2D eigenvalue weighted by Crippen LogP contribution is -2.51. The Kier molecular flexibility index (Phi) is 4.49. The first kappa shape index (κ1) is 14.2. The average Bonchev–Trinajstić information content (AvgIpc) is 3.21. The maximum absolute atomic E-state index is 12.2. The van der Waals surface area contributed by atoms with Gasteiger partial charge in [-0.3, -0.25) is 0 Å². The molecule has 0 aromatic carbocycles. The van der Waals surface area contributed by atoms with Crippen molar-refractivity contribution in [3.05, 3.63) is 0 Å². The molecule has 0 heterocycles. The molecule has 3 fully saturated rings. The van der Waals surface area contributed by atoms with Crippen LogP contribution in [0.4, 0.5) is 4.79 Å². The molecule has 3 saturated carbocycles. The standard InChI is InChI=1S/C16H28N2O2/c1-20-14-9-7-13(8-10-14)17-16(19)18-15(12-5-6-12)11-3-2-4-11/h11-15H,2-10H2,1H3,(H2,17,18,19). The number of hydrogen-bond acceptors (Lipinski definition) is 2. The Morgan fingerprint density at radius 3 is 2.15 bits per heavy atom. The molecule has 3 aliphatic carbocycles. The zero-order valence-corrected chi connectivity index (χ0v) is 12.6. The maximum Gasteiger partial charge on any atom is 0.315 e. The van der Waals surface area contributed by atoms with Crippen molar-refractivity contribution >= 4 is 6.03 Å². The maximum atomic E-state index is 12.2. The van der Waals surface area contributed by atoms with Gasteiger partial charge >= 0.3 is 6.03 Å². The second kappa shape index (κ2) is 6.33. The van der Waals surface area contributed by atoms with Crippen LogP contribution in [0.3, 0.4) is 0 Å². The number of carbonyl (C=O) groups is 1. The summed E-state index contributed by atoms with van der Waals surface area (Å²) in [6.45, 7) is 0. The normalized spacial score (nSPS) is 32.2. The first-order chi connectivity index (χ1) is 9.76. The fourth-order valence-corrected chi connectivity index (χ4v) is 3.70. The lowest BCUT2D eigenvalue weighted by atomic mass is 9.78. The zero-order chi connectivity index (χ0) is 13.9. The van der Waals surface area contributed by atoms with Crippen molar-refractivity contribution in [1.29, 1.82) is 0 Å². The molecule has 2 amide bonds. The van der Waals surface area contributed by atoms with Gasteiger partial charge in [-0.2, -0.15) is 0 Å². The molecular weight excluding hydrogens is 252 g/mol. The van der Waals surface area contributed by atoms with Gasteiger partial charge in [0.1, 0.15) is 0 Å². The van der Waals surface area contributed by atoms with Gasteiger partial charge in [-0.1, -0.05) is 6.42 Å². The summed E-state index contributed by atoms with van der Waals surface area (Å²) in [5.41, 5.74) is 0. The first-order valence-electron chi connectivity index (χ1n) is 8.36. The van der Waals surface area contributed by atoms with E-state index in [1.54, 1.807) is 7.11 Å². The van der Waals surface area contributed by atoms with Crippen LogP contribution in [0.5, 0.6) is 0 Å². The van der Waals surface area contributed by atoms with Crippen molar-refractivity contribution in [3.8, 4) is 0 Å². The summed E-state index contributed by atoms with van der Waals surface area (Å²) in [5.74, 6) is 1.51. The zero-order valence-electron chi connectivity index (χ0n) is 12.6. The van der Waals surface area contributed by atoms with E-state index in [4.69, 9.17) is 4.74 Å². The van der Waals surface area contributed by atoms with Crippen molar-refractivity contribution in [3.63, 3.8) is 0 Å². The minimum absolute atomic E-state index is 0.0645. The molecule has 0 aromatic rings. The van der Waals surface area contributed by atoms with Crippen molar-refractivity contribution in [2.24, 2.45) is 11.8 Å². The molecule has 1 unspecified atom stereocenters. The second-order valence-electron chi connectivity index (χ2n) is 6.88. The summed E-state index contributed by atoms with van der Waals surface area (Å²) >= 11 is 0. The van der Waals surface area contributed by atoms with E-state index in [1.165, 1.54) is 32.1 Å². The van der Waals surface area contributed by atoms with Crippen LogP contribution < -0.4 is 10.6 Å². The van der Waals surface area contributed by atoms with Crippen molar-refractivity contribution in [2.45, 2.75) is 76.0 Å². The SMILES string of the molecule is COC1CCC(NC(=O)NC(C2CCC2)C2CC2)CC1. The van der Waals surface area contributed by atoms with Crippen LogP contribution in [-0.4, -0.2) is 31.3 Å². The van der Waals surface area contributed by atoms with Crippen LogP contribution in [0.15, 0.2) is 0 Å². The van der Waals surface area contributed by atoms with E-state index in [0.717, 1.165) is 37.5 Å². The fraction of sp³-hybridized carbons (Fsp3) is 0.938. The number of nitrogens with one attached hydrogen (secondary N) is 2. The topological polar surface area (TPSA) is 50.4 Å². The van der Waals surface area contributed by atoms with Gasteiger partial charge in [-0.15, -0.1) is 0 Å². The molecule has 0 saturated heterocycles. The Labute approximate surface area is 122 Å². The molecule has 114 valence electrons. The minimum Gasteiger partial charge on any atom is -0.381 e. The molecule has 0 aliphatic heterocycles. The number of ether oxygens (including phenoxy) is 1. The Balaban J connectivity index is 1.42. The highest BCUT2D eigenvalue weighted by Crippen LogP contribution is 2.42. The number of rotatable bonds is 5. The van der Waals surface area contributed by atoms with Crippen LogP contribution in [0, 0.1) is 11.8 Å². The fourth-order valence-electron chi connectivity index (χ4n) is 3.70. The Morgan fingerprint density at radius 2 is 1.65 bits per heavy atom. The first-order valence-corrected chi connectivity index (χ1v) is 8.36. The van der Waals surface area contributed by atoms with Crippen LogP contribution in [0.25, 0.3) is 0 Å². The summed E-state index contributed by atoms with van der Waals surface area (Å²) in [7, 11) is 1.78. The molecule has 4 nitrogen and oxygen atoms in total. The summed E-state index contributed by atoms with van der Waals surface area (Å²) in [4.78, 5) is 12.2. The summed E-state index contributed by atoms with van der Waals surface area (Å²) in [6.07, 6.45) is 11.2. The molecule has 20 heavy (non-hydrogen) atoms. The van der Waals surface area contributed by atoms with Gasteiger partial charge < -0.3 is 15.4 Å². The molecular formula is C16H28N2O2. The molecule has 0 bridgehead atoms. The Morgan fingerprint density at radius 1 is 1.00 bits per heavy atom. The predicted octanol–water partition coefficient (Wildman–Crippen LogP) is 2.82. The summed E-state index contributed by atoms with van der Waals surface area (Å²) < 4.78 is 5.37. The van der Waals surface area contributed by atoms with E-state index in [2.05, 4.69) is 10.6 Å². The van der Waals surface area contributed by atoms with E-state index in [0.29, 0.717) is 18.2 Å². The van der Waals surface area contributed by atoms with Gasteiger partial charge in [0.2, 0.25) is 0 Å². The number of hydrogen-bond donors (Lipinski definition) is 2. The smallest absolute Gasteiger partial charge is 0.315 e. The molecule has 0 radical (unpaired) electrons. The lowest BCUT2D eigenvalue weighted by Gasteiger charge is -2.35. The minimum atomic E-state index is 0.0645. The quantitative estimate of drug-likeness (QED) is 0.813. The van der Waals surface area contributed by atoms with Crippen molar-refractivity contribution in [1.82, 2.24) is 10.6 Å². The summed E-state index contributed by atoms with van der Waals surface area (Å²) in [6, 6.07) is 0.844. The van der Waals surface area contributed by atoms with Gasteiger partial charge in [-0.05, 0) is 63.2 Å². The van der Waals surface area contributed by atoms with Gasteiger partial charge in [0.05, 0.1) is 6.10 Å². The van der Waals surface area contributed by atoms with Crippen molar-refractivity contribution in [2.75, 3.05) is 7.11 Å². The van der Waals surface area contributed by atoms with E-state index >= 15 is 0 Å². The number of carbonyl (C=O) groups excluding carboxylic acids is 1. The molecule has 2 N–H and O–H groups in total. The van der Waals surface area contributed by atoms with Crippen molar-refractivity contribution < 1.29 is 9.53 Å². The lowest BCUT2D eigenvalue weighted by molar-refractivity contribution is 0.0633. The molecule has 0 spiro atoms. The van der Waals surface area contributed by atoms with E-state index < -0.39 is 0 Å². The van der Waals surface area contributed by atoms with E-state index in [-0.39, 0.29) is 6.03 Å². The number of urea groups is 1. The molecule has 4 heteroatoms. The monoisotopic (exact) mass is 280 g/mol. The molecule has 3 aliphatic rings. The van der Waals surface area contributed by atoms with Crippen LogP contribution in [-0.2, 0) is 4.74 Å². The molecule has 1 atom stereocenters. The molecule has 3 rings (SSSR count). The molecule has 0 aromatic heterocycles. The highest BCUT2D eigenvalue weighted by atomic mass is 16.5. The third-order valence-corrected chi connectivity index (χ3v) is 5.43. The summed E-state index contributed by atoms with van der Waals surface area (Å²) in [5, 5.41) is 6.45. The average molecular weight is 280 g/mol. The largest absolute Gasteiger partial charge is 0.381 e. The third-order valence-electron chi connectivity index (χ3n) is 5.43. The van der Waals surface area contributed by atoms with Gasteiger partial charge in [0.15, 0.2) is 0 Å². The Bertz CT molecular complexity index is 331. The van der Waals surface area contributed by atoms with Gasteiger partial charge in [0, 0.05) is 19.2 Å². The highest BCUT2D eigenvalue weighted by Gasteiger charge is 2.39. The van der Waals surface area contributed by atoms with Crippen LogP contribution in [0.2, 0.25) is 0 Å². The third kappa shape index (κ3) is 3.46. The van der Waals surface area contributed by atoms with E-state index in [1.807, 2.05) is 0 Å². The van der Waals surface area contributed by atoms with E-state index in [9.17, 15) is 4.79 Å². The van der Waals surface area contributed by atoms with Crippen LogP contribution in [0.1, 0.15) is 57.8 Å². The van der Waals surface area contributed by atoms with Gasteiger partial charge in [-0.25, -0.2) is 4.79 Å². The number of methoxy groups -OCH3 is 1. The number of amides is 2. The highest BCUT2D eigenvalue weighted by molar-refractivity contribution is 5.74. The van der Waals surface area contributed by atoms with Crippen LogP contribution >= 0.6 is 0 Å². The second-order valence-corrected chi connectivity index (χ2v) is 6.88. The predicted molar refractivity (Wildman–Crippen MR) is 78.6 cm³/mol. The van der Waals surface area contributed by atoms with Gasteiger partial charge in [0.25, 0.3) is 0 Å².